The summed E-state index contributed by atoms with van der Waals surface area (Å²) in [7, 11) is 0. The molecule has 174 valence electrons. The first-order valence-electron chi connectivity index (χ1n) is 13.5. The Kier molecular flexibility index (Phi) is 4.33. The summed E-state index contributed by atoms with van der Waals surface area (Å²) in [6.07, 6.45) is 2.26. The molecule has 1 fully saturated rings. The molecule has 0 aliphatic carbocycles. The Morgan fingerprint density at radius 1 is 1.06 bits per heavy atom. The standard InChI is InChI=1S/C25H22ClF2N5O/c1-12-10-15(6-8-29-12)19-11-16(7-9-34-19)24-32-22(17-4-5-18(26)21(28)20(17)27)23-25(33-24)31-14(3)13(2)30-23/h4-6,8,10,16,19H,7,9,11H2,1-3H3/t16-,19-/m0/s1/i2D3,3D3. The van der Waals surface area contributed by atoms with E-state index in [1.807, 2.05) is 19.1 Å². The summed E-state index contributed by atoms with van der Waals surface area (Å²) in [5, 5.41) is -0.460. The van der Waals surface area contributed by atoms with Gasteiger partial charge in [0.1, 0.15) is 17.0 Å². The number of hydrogen-bond donors (Lipinski definition) is 0. The Hall–Kier alpha value is -3.10. The van der Waals surface area contributed by atoms with E-state index in [1.165, 1.54) is 6.07 Å². The zero-order valence-corrected chi connectivity index (χ0v) is 18.7. The van der Waals surface area contributed by atoms with Crippen molar-refractivity contribution in [3.63, 3.8) is 0 Å². The van der Waals surface area contributed by atoms with Crippen LogP contribution in [0.15, 0.2) is 30.5 Å². The number of aryl methyl sites for hydroxylation is 3. The molecular weight excluding hydrogens is 460 g/mol. The molecule has 3 aromatic heterocycles. The van der Waals surface area contributed by atoms with Gasteiger partial charge in [0.05, 0.1) is 22.5 Å². The molecule has 4 aromatic rings. The van der Waals surface area contributed by atoms with Gasteiger partial charge in [-0.1, -0.05) is 11.6 Å². The Balaban J connectivity index is 1.73. The van der Waals surface area contributed by atoms with Crippen LogP contribution < -0.4 is 0 Å². The number of benzene rings is 1. The van der Waals surface area contributed by atoms with Gasteiger partial charge < -0.3 is 4.74 Å². The quantitative estimate of drug-likeness (QED) is 0.331. The van der Waals surface area contributed by atoms with Gasteiger partial charge in [-0.3, -0.25) is 4.98 Å². The van der Waals surface area contributed by atoms with Crippen molar-refractivity contribution in [1.82, 2.24) is 24.9 Å². The monoisotopic (exact) mass is 487 g/mol. The van der Waals surface area contributed by atoms with Gasteiger partial charge in [-0.2, -0.15) is 0 Å². The molecule has 9 heteroatoms. The normalized spacial score (nSPS) is 21.8. The van der Waals surface area contributed by atoms with Crippen molar-refractivity contribution >= 4 is 22.8 Å². The van der Waals surface area contributed by atoms with Crippen LogP contribution in [0, 0.1) is 32.3 Å². The SMILES string of the molecule is [2H]C([2H])([2H])c1nc2nc([C@H]3CCO[C@H](c4ccnc(C)c4)C3)nc(-c3ccc(Cl)c(F)c3F)c2nc1C([2H])([2H])[2H]. The molecule has 0 spiro atoms. The zero-order valence-electron chi connectivity index (χ0n) is 23.9. The summed E-state index contributed by atoms with van der Waals surface area (Å²) < 4.78 is 82.7. The van der Waals surface area contributed by atoms with Gasteiger partial charge in [-0.05, 0) is 63.3 Å². The maximum Gasteiger partial charge on any atom is 0.182 e. The summed E-state index contributed by atoms with van der Waals surface area (Å²) in [6, 6.07) is 6.06. The van der Waals surface area contributed by atoms with E-state index in [1.54, 1.807) is 6.20 Å². The van der Waals surface area contributed by atoms with Crippen molar-refractivity contribution in [3.05, 3.63) is 75.6 Å². The van der Waals surface area contributed by atoms with Crippen molar-refractivity contribution < 1.29 is 21.7 Å². The summed E-state index contributed by atoms with van der Waals surface area (Å²) in [5.74, 6) is -2.80. The average molecular weight is 488 g/mol. The number of rotatable bonds is 3. The highest BCUT2D eigenvalue weighted by Crippen LogP contribution is 2.38. The molecule has 0 radical (unpaired) electrons. The van der Waals surface area contributed by atoms with Gasteiger partial charge in [-0.25, -0.2) is 28.7 Å². The van der Waals surface area contributed by atoms with Gasteiger partial charge in [0.25, 0.3) is 0 Å². The number of pyridine rings is 1. The minimum atomic E-state index is -2.97. The lowest BCUT2D eigenvalue weighted by molar-refractivity contribution is 0.00393. The van der Waals surface area contributed by atoms with Crippen molar-refractivity contribution in [2.75, 3.05) is 6.61 Å². The third-order valence-corrected chi connectivity index (χ3v) is 6.07. The molecule has 0 amide bonds. The Bertz CT molecular complexity index is 1620. The van der Waals surface area contributed by atoms with E-state index < -0.39 is 41.7 Å². The summed E-state index contributed by atoms with van der Waals surface area (Å²) in [5.41, 5.74) is -0.959. The fourth-order valence-electron chi connectivity index (χ4n) is 4.07. The molecule has 1 aliphatic rings. The van der Waals surface area contributed by atoms with Gasteiger partial charge in [0, 0.05) is 38.2 Å². The average Bonchev–Trinajstić information content (AvgIpc) is 2.90. The van der Waals surface area contributed by atoms with E-state index >= 15 is 4.39 Å². The minimum Gasteiger partial charge on any atom is -0.373 e. The van der Waals surface area contributed by atoms with Crippen LogP contribution in [-0.2, 0) is 4.74 Å². The van der Waals surface area contributed by atoms with Crippen LogP contribution in [0.5, 0.6) is 0 Å². The van der Waals surface area contributed by atoms with Crippen molar-refractivity contribution in [1.29, 1.82) is 0 Å². The molecule has 1 saturated heterocycles. The fraction of sp³-hybridized carbons (Fsp3) is 0.320. The number of halogens is 3. The van der Waals surface area contributed by atoms with E-state index in [9.17, 15) is 4.39 Å². The second-order valence-corrected chi connectivity index (χ2v) is 8.46. The van der Waals surface area contributed by atoms with Crippen LogP contribution in [0.25, 0.3) is 22.4 Å². The number of hydrogen-bond acceptors (Lipinski definition) is 6. The van der Waals surface area contributed by atoms with Crippen molar-refractivity contribution in [2.45, 2.75) is 45.5 Å². The van der Waals surface area contributed by atoms with Crippen LogP contribution in [0.1, 0.15) is 61.6 Å². The topological polar surface area (TPSA) is 73.7 Å². The first-order chi connectivity index (χ1) is 18.7. The van der Waals surface area contributed by atoms with Crippen molar-refractivity contribution in [3.8, 4) is 11.3 Å². The van der Waals surface area contributed by atoms with Crippen LogP contribution in [0.3, 0.4) is 0 Å². The lowest BCUT2D eigenvalue weighted by Crippen LogP contribution is -2.21. The third kappa shape index (κ3) is 4.12. The second-order valence-electron chi connectivity index (χ2n) is 8.06. The Morgan fingerprint density at radius 2 is 1.88 bits per heavy atom. The highest BCUT2D eigenvalue weighted by atomic mass is 35.5. The first-order valence-corrected chi connectivity index (χ1v) is 10.9. The lowest BCUT2D eigenvalue weighted by atomic mass is 9.91. The molecule has 2 atom stereocenters. The highest BCUT2D eigenvalue weighted by Gasteiger charge is 2.29. The fourth-order valence-corrected chi connectivity index (χ4v) is 4.22. The van der Waals surface area contributed by atoms with Crippen LogP contribution in [0.2, 0.25) is 5.02 Å². The number of ether oxygens (including phenoxy) is 1. The van der Waals surface area contributed by atoms with E-state index in [0.717, 1.165) is 17.3 Å². The molecule has 0 bridgehead atoms. The van der Waals surface area contributed by atoms with Crippen LogP contribution in [0.4, 0.5) is 8.78 Å². The summed E-state index contributed by atoms with van der Waals surface area (Å²) >= 11 is 5.76. The van der Waals surface area contributed by atoms with Crippen LogP contribution >= 0.6 is 11.6 Å². The minimum absolute atomic E-state index is 0.184. The van der Waals surface area contributed by atoms with Crippen molar-refractivity contribution in [2.24, 2.45) is 0 Å². The number of aromatic nitrogens is 5. The zero-order chi connectivity index (χ0) is 29.0. The molecule has 0 N–H and O–H groups in total. The molecule has 34 heavy (non-hydrogen) atoms. The highest BCUT2D eigenvalue weighted by molar-refractivity contribution is 6.30. The Morgan fingerprint density at radius 3 is 2.68 bits per heavy atom. The molecular formula is C25H22ClF2N5O. The molecule has 1 aliphatic heterocycles. The molecule has 6 nitrogen and oxygen atoms in total. The maximum atomic E-state index is 15.2. The molecule has 0 unspecified atom stereocenters. The summed E-state index contributed by atoms with van der Waals surface area (Å²) in [4.78, 5) is 21.4. The predicted molar refractivity (Wildman–Crippen MR) is 125 cm³/mol. The van der Waals surface area contributed by atoms with Gasteiger partial charge in [0.15, 0.2) is 17.3 Å². The lowest BCUT2D eigenvalue weighted by Gasteiger charge is -2.29. The van der Waals surface area contributed by atoms with E-state index in [2.05, 4.69) is 24.9 Å². The van der Waals surface area contributed by atoms with E-state index in [0.29, 0.717) is 19.4 Å². The maximum absolute atomic E-state index is 15.2. The van der Waals surface area contributed by atoms with Crippen LogP contribution in [-0.4, -0.2) is 31.5 Å². The summed E-state index contributed by atoms with van der Waals surface area (Å²) in [6.45, 7) is -3.70. The molecule has 4 heterocycles. The number of nitrogens with zero attached hydrogens (tertiary/aromatic N) is 5. The van der Waals surface area contributed by atoms with E-state index in [4.69, 9.17) is 24.6 Å². The van der Waals surface area contributed by atoms with Gasteiger partial charge in [0.2, 0.25) is 0 Å². The molecule has 5 rings (SSSR count). The number of fused-ring (bicyclic) bond motifs is 1. The van der Waals surface area contributed by atoms with Gasteiger partial charge >= 0.3 is 0 Å². The van der Waals surface area contributed by atoms with Gasteiger partial charge in [-0.15, -0.1) is 0 Å². The first kappa shape index (κ1) is 16.5. The predicted octanol–water partition coefficient (Wildman–Crippen LogP) is 5.97. The van der Waals surface area contributed by atoms with E-state index in [-0.39, 0.29) is 40.3 Å². The molecule has 1 aromatic carbocycles. The third-order valence-electron chi connectivity index (χ3n) is 5.78. The molecule has 0 saturated carbocycles. The Labute approximate surface area is 208 Å². The second kappa shape index (κ2) is 8.92. The largest absolute Gasteiger partial charge is 0.373 e. The smallest absolute Gasteiger partial charge is 0.182 e.